The molecule has 3 heteroatoms. The van der Waals surface area contributed by atoms with E-state index in [-0.39, 0.29) is 11.3 Å². The molecule has 2 N–H and O–H groups in total. The first-order valence-electron chi connectivity index (χ1n) is 7.76. The van der Waals surface area contributed by atoms with Crippen molar-refractivity contribution in [2.75, 3.05) is 13.1 Å². The third-order valence-corrected chi connectivity index (χ3v) is 4.80. The summed E-state index contributed by atoms with van der Waals surface area (Å²) in [6, 6.07) is 8.80. The maximum atomic E-state index is 12.6. The summed E-state index contributed by atoms with van der Waals surface area (Å²) in [4.78, 5) is 12.6. The van der Waals surface area contributed by atoms with Crippen LogP contribution in [0.2, 0.25) is 0 Å². The summed E-state index contributed by atoms with van der Waals surface area (Å²) < 4.78 is 0. The van der Waals surface area contributed by atoms with E-state index in [1.54, 1.807) is 0 Å². The highest BCUT2D eigenvalue weighted by molar-refractivity contribution is 5.86. The first-order valence-corrected chi connectivity index (χ1v) is 7.76. The number of nitrogens with one attached hydrogen (secondary N) is 2. The lowest BCUT2D eigenvalue weighted by atomic mass is 9.92. The van der Waals surface area contributed by atoms with E-state index in [1.807, 2.05) is 0 Å². The van der Waals surface area contributed by atoms with Crippen LogP contribution in [0.3, 0.4) is 0 Å². The molecule has 0 unspecified atom stereocenters. The number of carbonyl (C=O) groups is 1. The third-order valence-electron chi connectivity index (χ3n) is 4.80. The van der Waals surface area contributed by atoms with Crippen LogP contribution in [-0.4, -0.2) is 25.0 Å². The zero-order valence-corrected chi connectivity index (χ0v) is 12.2. The fraction of sp³-hybridized carbons (Fsp3) is 0.588. The molecule has 1 saturated heterocycles. The Bertz CT molecular complexity index is 488. The van der Waals surface area contributed by atoms with Crippen molar-refractivity contribution in [2.45, 2.75) is 45.1 Å². The van der Waals surface area contributed by atoms with Gasteiger partial charge in [0.2, 0.25) is 5.91 Å². The summed E-state index contributed by atoms with van der Waals surface area (Å²) in [5.74, 6) is 0.285. The topological polar surface area (TPSA) is 41.1 Å². The van der Waals surface area contributed by atoms with Gasteiger partial charge in [-0.1, -0.05) is 24.3 Å². The van der Waals surface area contributed by atoms with Crippen molar-refractivity contribution in [1.29, 1.82) is 0 Å². The molecule has 108 valence electrons. The predicted octanol–water partition coefficient (Wildman–Crippen LogP) is 2.19. The molecular formula is C17H24N2O. The van der Waals surface area contributed by atoms with Crippen molar-refractivity contribution < 1.29 is 4.79 Å². The highest BCUT2D eigenvalue weighted by Crippen LogP contribution is 2.49. The van der Waals surface area contributed by atoms with Crippen LogP contribution in [0.5, 0.6) is 0 Å². The number of aryl methyl sites for hydroxylation is 1. The van der Waals surface area contributed by atoms with Gasteiger partial charge in [-0.25, -0.2) is 0 Å². The van der Waals surface area contributed by atoms with Gasteiger partial charge in [0, 0.05) is 6.04 Å². The summed E-state index contributed by atoms with van der Waals surface area (Å²) in [7, 11) is 0. The van der Waals surface area contributed by atoms with E-state index in [9.17, 15) is 4.79 Å². The Labute approximate surface area is 121 Å². The van der Waals surface area contributed by atoms with E-state index in [0.717, 1.165) is 45.2 Å². The van der Waals surface area contributed by atoms with E-state index in [2.05, 4.69) is 41.8 Å². The first-order chi connectivity index (χ1) is 9.70. The van der Waals surface area contributed by atoms with Crippen molar-refractivity contribution in [1.82, 2.24) is 10.6 Å². The van der Waals surface area contributed by atoms with E-state index in [0.29, 0.717) is 6.04 Å². The molecule has 1 amide bonds. The number of hydrogen-bond acceptors (Lipinski definition) is 2. The summed E-state index contributed by atoms with van der Waals surface area (Å²) in [6.45, 7) is 4.18. The Balaban J connectivity index is 1.63. The molecule has 0 radical (unpaired) electrons. The maximum Gasteiger partial charge on any atom is 0.226 e. The van der Waals surface area contributed by atoms with Gasteiger partial charge in [-0.05, 0) is 63.2 Å². The Kier molecular flexibility index (Phi) is 3.79. The predicted molar refractivity (Wildman–Crippen MR) is 80.6 cm³/mol. The van der Waals surface area contributed by atoms with E-state index >= 15 is 0 Å². The smallest absolute Gasteiger partial charge is 0.226 e. The minimum absolute atomic E-state index is 0.114. The van der Waals surface area contributed by atoms with Crippen molar-refractivity contribution in [3.63, 3.8) is 0 Å². The first kappa shape index (κ1) is 13.6. The summed E-state index contributed by atoms with van der Waals surface area (Å²) in [5, 5.41) is 6.62. The molecule has 2 fully saturated rings. The van der Waals surface area contributed by atoms with Crippen LogP contribution in [0.25, 0.3) is 0 Å². The molecular weight excluding hydrogens is 248 g/mol. The second-order valence-electron chi connectivity index (χ2n) is 6.38. The van der Waals surface area contributed by atoms with Gasteiger partial charge in [0.1, 0.15) is 0 Å². The molecule has 20 heavy (non-hydrogen) atoms. The highest BCUT2D eigenvalue weighted by atomic mass is 16.2. The molecule has 1 heterocycles. The van der Waals surface area contributed by atoms with Crippen molar-refractivity contribution in [3.05, 3.63) is 35.4 Å². The fourth-order valence-corrected chi connectivity index (χ4v) is 3.11. The normalized spacial score (nSPS) is 21.4. The number of rotatable bonds is 4. The lowest BCUT2D eigenvalue weighted by molar-refractivity contribution is -0.127. The summed E-state index contributed by atoms with van der Waals surface area (Å²) >= 11 is 0. The molecule has 1 saturated carbocycles. The molecule has 1 aromatic carbocycles. The van der Waals surface area contributed by atoms with Crippen molar-refractivity contribution in [2.24, 2.45) is 5.41 Å². The molecule has 3 nitrogen and oxygen atoms in total. The third kappa shape index (κ3) is 2.88. The summed E-state index contributed by atoms with van der Waals surface area (Å²) in [5.41, 5.74) is 2.51. The summed E-state index contributed by atoms with van der Waals surface area (Å²) in [6.07, 6.45) is 5.10. The van der Waals surface area contributed by atoms with Crippen LogP contribution >= 0.6 is 0 Å². The van der Waals surface area contributed by atoms with E-state index < -0.39 is 0 Å². The Morgan fingerprint density at radius 1 is 1.30 bits per heavy atom. The van der Waals surface area contributed by atoms with Crippen LogP contribution in [0.15, 0.2) is 24.3 Å². The van der Waals surface area contributed by atoms with Gasteiger partial charge in [0.25, 0.3) is 0 Å². The SMILES string of the molecule is Cc1ccccc1CC1(C(=O)NC2CCNCC2)CC1. The standard InChI is InChI=1S/C17H24N2O/c1-13-4-2-3-5-14(13)12-17(8-9-17)16(20)19-15-6-10-18-11-7-15/h2-5,15,18H,6-12H2,1H3,(H,19,20). The molecule has 3 rings (SSSR count). The lowest BCUT2D eigenvalue weighted by Crippen LogP contribution is -2.45. The van der Waals surface area contributed by atoms with Crippen LogP contribution in [0.1, 0.15) is 36.8 Å². The fourth-order valence-electron chi connectivity index (χ4n) is 3.11. The number of hydrogen-bond donors (Lipinski definition) is 2. The van der Waals surface area contributed by atoms with Gasteiger partial charge in [-0.3, -0.25) is 4.79 Å². The van der Waals surface area contributed by atoms with Crippen LogP contribution in [-0.2, 0) is 11.2 Å². The van der Waals surface area contributed by atoms with Crippen molar-refractivity contribution in [3.8, 4) is 0 Å². The quantitative estimate of drug-likeness (QED) is 0.882. The number of piperidine rings is 1. The minimum atomic E-state index is -0.114. The number of carbonyl (C=O) groups excluding carboxylic acids is 1. The zero-order valence-electron chi connectivity index (χ0n) is 12.2. The second kappa shape index (κ2) is 5.57. The molecule has 0 spiro atoms. The highest BCUT2D eigenvalue weighted by Gasteiger charge is 2.50. The Morgan fingerprint density at radius 2 is 2.00 bits per heavy atom. The number of amides is 1. The van der Waals surface area contributed by atoms with E-state index in [1.165, 1.54) is 11.1 Å². The average molecular weight is 272 g/mol. The van der Waals surface area contributed by atoms with Gasteiger partial charge in [-0.15, -0.1) is 0 Å². The van der Waals surface area contributed by atoms with Gasteiger partial charge < -0.3 is 10.6 Å². The largest absolute Gasteiger partial charge is 0.353 e. The van der Waals surface area contributed by atoms with Crippen LogP contribution < -0.4 is 10.6 Å². The Morgan fingerprint density at radius 3 is 2.65 bits per heavy atom. The molecule has 0 atom stereocenters. The molecule has 1 aliphatic heterocycles. The van der Waals surface area contributed by atoms with Gasteiger partial charge >= 0.3 is 0 Å². The maximum absolute atomic E-state index is 12.6. The average Bonchev–Trinajstić information content (AvgIpc) is 3.24. The van der Waals surface area contributed by atoms with E-state index in [4.69, 9.17) is 0 Å². The molecule has 2 aliphatic rings. The Hall–Kier alpha value is -1.35. The molecule has 1 aliphatic carbocycles. The van der Waals surface area contributed by atoms with Crippen LogP contribution in [0.4, 0.5) is 0 Å². The lowest BCUT2D eigenvalue weighted by Gasteiger charge is -2.26. The molecule has 0 aromatic heterocycles. The molecule has 0 bridgehead atoms. The van der Waals surface area contributed by atoms with Gasteiger partial charge in [0.15, 0.2) is 0 Å². The van der Waals surface area contributed by atoms with Crippen molar-refractivity contribution >= 4 is 5.91 Å². The number of benzene rings is 1. The zero-order chi connectivity index (χ0) is 14.0. The second-order valence-corrected chi connectivity index (χ2v) is 6.38. The van der Waals surface area contributed by atoms with Gasteiger partial charge in [0.05, 0.1) is 5.41 Å². The monoisotopic (exact) mass is 272 g/mol. The minimum Gasteiger partial charge on any atom is -0.353 e. The molecule has 1 aromatic rings. The van der Waals surface area contributed by atoms with Gasteiger partial charge in [-0.2, -0.15) is 0 Å². The van der Waals surface area contributed by atoms with Crippen LogP contribution in [0, 0.1) is 12.3 Å².